The number of ketones is 1. The van der Waals surface area contributed by atoms with Gasteiger partial charge in [-0.2, -0.15) is 0 Å². The number of esters is 1. The predicted octanol–water partition coefficient (Wildman–Crippen LogP) is 2.56. The Kier molecular flexibility index (Phi) is 4.42. The molecule has 1 heterocycles. The number of carbonyl (C=O) groups is 2. The monoisotopic (exact) mass is 290 g/mol. The molecule has 0 aliphatic carbocycles. The van der Waals surface area contributed by atoms with Crippen molar-refractivity contribution in [3.8, 4) is 0 Å². The van der Waals surface area contributed by atoms with Gasteiger partial charge in [0.05, 0.1) is 6.20 Å². The molecular formula is C14H11ClN2O3. The zero-order valence-corrected chi connectivity index (χ0v) is 11.4. The van der Waals surface area contributed by atoms with Crippen LogP contribution in [0.3, 0.4) is 0 Å². The summed E-state index contributed by atoms with van der Waals surface area (Å²) in [4.78, 5) is 31.4. The van der Waals surface area contributed by atoms with Gasteiger partial charge in [0.2, 0.25) is 5.78 Å². The Morgan fingerprint density at radius 2 is 1.90 bits per heavy atom. The van der Waals surface area contributed by atoms with E-state index >= 15 is 0 Å². The molecule has 0 spiro atoms. The summed E-state index contributed by atoms with van der Waals surface area (Å²) in [5.41, 5.74) is 0.483. The fourth-order valence-electron chi connectivity index (χ4n) is 1.53. The van der Waals surface area contributed by atoms with Crippen LogP contribution in [-0.4, -0.2) is 27.8 Å². The predicted molar refractivity (Wildman–Crippen MR) is 72.7 cm³/mol. The second kappa shape index (κ2) is 6.25. The highest BCUT2D eigenvalue weighted by molar-refractivity contribution is 6.30. The summed E-state index contributed by atoms with van der Waals surface area (Å²) in [5, 5.41) is 0.533. The van der Waals surface area contributed by atoms with Crippen LogP contribution in [-0.2, 0) is 4.74 Å². The normalized spacial score (nSPS) is 11.7. The summed E-state index contributed by atoms with van der Waals surface area (Å²) in [7, 11) is 0. The van der Waals surface area contributed by atoms with Crippen LogP contribution < -0.4 is 0 Å². The summed E-state index contributed by atoms with van der Waals surface area (Å²) in [6.07, 6.45) is 3.19. The first-order chi connectivity index (χ1) is 9.58. The lowest BCUT2D eigenvalue weighted by molar-refractivity contribution is 0.0312. The fraction of sp³-hybridized carbons (Fsp3) is 0.143. The molecule has 0 saturated carbocycles. The number of rotatable bonds is 4. The number of carbonyl (C=O) groups excluding carboxylic acids is 2. The average Bonchev–Trinajstić information content (AvgIpc) is 2.48. The number of hydrogen-bond acceptors (Lipinski definition) is 5. The van der Waals surface area contributed by atoms with E-state index in [1.165, 1.54) is 25.5 Å². The molecule has 0 unspecified atom stereocenters. The first-order valence-corrected chi connectivity index (χ1v) is 6.22. The van der Waals surface area contributed by atoms with Crippen molar-refractivity contribution >= 4 is 23.4 Å². The Balaban J connectivity index is 2.05. The highest BCUT2D eigenvalue weighted by atomic mass is 35.5. The van der Waals surface area contributed by atoms with Crippen LogP contribution in [0.25, 0.3) is 0 Å². The van der Waals surface area contributed by atoms with E-state index in [1.54, 1.807) is 24.3 Å². The molecule has 0 aliphatic rings. The minimum atomic E-state index is -0.911. The molecule has 5 nitrogen and oxygen atoms in total. The van der Waals surface area contributed by atoms with Crippen molar-refractivity contribution in [3.05, 3.63) is 59.1 Å². The maximum Gasteiger partial charge on any atom is 0.359 e. The number of aromatic nitrogens is 2. The van der Waals surface area contributed by atoms with Gasteiger partial charge < -0.3 is 4.74 Å². The van der Waals surface area contributed by atoms with E-state index in [0.29, 0.717) is 10.6 Å². The molecule has 0 bridgehead atoms. The summed E-state index contributed by atoms with van der Waals surface area (Å²) < 4.78 is 5.06. The SMILES string of the molecule is C[C@@H](OC(=O)c1cnccn1)C(=O)c1ccc(Cl)cc1. The highest BCUT2D eigenvalue weighted by Gasteiger charge is 2.21. The van der Waals surface area contributed by atoms with Gasteiger partial charge in [0.1, 0.15) is 0 Å². The number of Topliss-reactive ketones (excluding diaryl/α,β-unsaturated/α-hetero) is 1. The largest absolute Gasteiger partial charge is 0.449 e. The number of ether oxygens (including phenoxy) is 1. The van der Waals surface area contributed by atoms with E-state index < -0.39 is 12.1 Å². The van der Waals surface area contributed by atoms with Crippen molar-refractivity contribution in [2.75, 3.05) is 0 Å². The van der Waals surface area contributed by atoms with E-state index in [4.69, 9.17) is 16.3 Å². The van der Waals surface area contributed by atoms with Crippen LogP contribution in [0.2, 0.25) is 5.02 Å². The van der Waals surface area contributed by atoms with E-state index in [2.05, 4.69) is 9.97 Å². The molecule has 2 rings (SSSR count). The Labute approximate surface area is 120 Å². The van der Waals surface area contributed by atoms with Crippen LogP contribution in [0.1, 0.15) is 27.8 Å². The number of halogens is 1. The summed E-state index contributed by atoms with van der Waals surface area (Å²) in [6, 6.07) is 6.37. The summed E-state index contributed by atoms with van der Waals surface area (Å²) in [6.45, 7) is 1.51. The van der Waals surface area contributed by atoms with Gasteiger partial charge in [0, 0.05) is 23.0 Å². The van der Waals surface area contributed by atoms with E-state index in [1.807, 2.05) is 0 Å². The van der Waals surface area contributed by atoms with Crippen LogP contribution in [0.5, 0.6) is 0 Å². The van der Waals surface area contributed by atoms with Gasteiger partial charge in [0.15, 0.2) is 11.8 Å². The minimum Gasteiger partial charge on any atom is -0.449 e. The molecule has 0 saturated heterocycles. The maximum atomic E-state index is 12.1. The topological polar surface area (TPSA) is 69.2 Å². The van der Waals surface area contributed by atoms with Crippen LogP contribution in [0, 0.1) is 0 Å². The Morgan fingerprint density at radius 1 is 1.20 bits per heavy atom. The Bertz CT molecular complexity index is 614. The lowest BCUT2D eigenvalue weighted by Crippen LogP contribution is -2.24. The molecule has 0 aliphatic heterocycles. The Morgan fingerprint density at radius 3 is 2.50 bits per heavy atom. The van der Waals surface area contributed by atoms with Crippen molar-refractivity contribution in [2.24, 2.45) is 0 Å². The van der Waals surface area contributed by atoms with Crippen molar-refractivity contribution in [1.29, 1.82) is 0 Å². The van der Waals surface area contributed by atoms with Gasteiger partial charge in [0.25, 0.3) is 0 Å². The molecule has 0 fully saturated rings. The van der Waals surface area contributed by atoms with E-state index in [9.17, 15) is 9.59 Å². The second-order valence-corrected chi connectivity index (χ2v) is 4.45. The third-order valence-corrected chi connectivity index (χ3v) is 2.81. The molecule has 1 aromatic carbocycles. The smallest absolute Gasteiger partial charge is 0.359 e. The number of hydrogen-bond donors (Lipinski definition) is 0. The minimum absolute atomic E-state index is 0.0586. The van der Waals surface area contributed by atoms with Crippen molar-refractivity contribution in [2.45, 2.75) is 13.0 Å². The van der Waals surface area contributed by atoms with Crippen molar-refractivity contribution in [1.82, 2.24) is 9.97 Å². The third kappa shape index (κ3) is 3.39. The second-order valence-electron chi connectivity index (χ2n) is 4.01. The van der Waals surface area contributed by atoms with E-state index in [-0.39, 0.29) is 11.5 Å². The zero-order chi connectivity index (χ0) is 14.5. The standard InChI is InChI=1S/C14H11ClN2O3/c1-9(13(18)10-2-4-11(15)5-3-10)20-14(19)12-8-16-6-7-17-12/h2-9H,1H3/t9-/m1/s1. The van der Waals surface area contributed by atoms with Gasteiger partial charge in [-0.25, -0.2) is 9.78 Å². The maximum absolute atomic E-state index is 12.1. The van der Waals surface area contributed by atoms with Crippen LogP contribution in [0.4, 0.5) is 0 Å². The van der Waals surface area contributed by atoms with Crippen molar-refractivity contribution < 1.29 is 14.3 Å². The number of nitrogens with zero attached hydrogens (tertiary/aromatic N) is 2. The van der Waals surface area contributed by atoms with Gasteiger partial charge in [-0.15, -0.1) is 0 Å². The molecule has 102 valence electrons. The van der Waals surface area contributed by atoms with Gasteiger partial charge >= 0.3 is 5.97 Å². The lowest BCUT2D eigenvalue weighted by atomic mass is 10.1. The lowest BCUT2D eigenvalue weighted by Gasteiger charge is -2.11. The fourth-order valence-corrected chi connectivity index (χ4v) is 1.65. The molecule has 0 amide bonds. The molecule has 0 N–H and O–H groups in total. The Hall–Kier alpha value is -2.27. The van der Waals surface area contributed by atoms with Crippen molar-refractivity contribution in [3.63, 3.8) is 0 Å². The van der Waals surface area contributed by atoms with Gasteiger partial charge in [-0.05, 0) is 31.2 Å². The molecule has 1 atom stereocenters. The molecule has 0 radical (unpaired) electrons. The van der Waals surface area contributed by atoms with E-state index in [0.717, 1.165) is 0 Å². The first kappa shape index (κ1) is 14.1. The molecule has 20 heavy (non-hydrogen) atoms. The zero-order valence-electron chi connectivity index (χ0n) is 10.6. The molecule has 1 aromatic heterocycles. The van der Waals surface area contributed by atoms with Gasteiger partial charge in [-0.1, -0.05) is 11.6 Å². The number of benzene rings is 1. The molecule has 2 aromatic rings. The van der Waals surface area contributed by atoms with Gasteiger partial charge in [-0.3, -0.25) is 9.78 Å². The highest BCUT2D eigenvalue weighted by Crippen LogP contribution is 2.13. The first-order valence-electron chi connectivity index (χ1n) is 5.84. The average molecular weight is 291 g/mol. The third-order valence-electron chi connectivity index (χ3n) is 2.55. The molecule has 6 heteroatoms. The molecular weight excluding hydrogens is 280 g/mol. The summed E-state index contributed by atoms with van der Waals surface area (Å²) in [5.74, 6) is -0.994. The quantitative estimate of drug-likeness (QED) is 0.639. The van der Waals surface area contributed by atoms with Crippen LogP contribution >= 0.6 is 11.6 Å². The summed E-state index contributed by atoms with van der Waals surface area (Å²) >= 11 is 5.75. The van der Waals surface area contributed by atoms with Crippen LogP contribution in [0.15, 0.2) is 42.9 Å².